The number of nitrogens with zero attached hydrogens (tertiary/aromatic N) is 1. The van der Waals surface area contributed by atoms with Crippen molar-refractivity contribution in [2.45, 2.75) is 83.2 Å². The average molecular weight is 561 g/mol. The monoisotopic (exact) mass is 560 g/mol. The fourth-order valence-corrected chi connectivity index (χ4v) is 5.06. The van der Waals surface area contributed by atoms with Crippen LogP contribution in [0.25, 0.3) is 0 Å². The van der Waals surface area contributed by atoms with E-state index in [-0.39, 0.29) is 22.9 Å². The molecule has 210 valence electrons. The van der Waals surface area contributed by atoms with Crippen molar-refractivity contribution < 1.29 is 41.0 Å². The van der Waals surface area contributed by atoms with Crippen LogP contribution in [0, 0.1) is 17.6 Å². The Kier molecular flexibility index (Phi) is 8.04. The van der Waals surface area contributed by atoms with Crippen molar-refractivity contribution in [2.24, 2.45) is 5.92 Å². The Labute approximate surface area is 219 Å². The number of phenols is 1. The number of hydrogen-bond donors (Lipinski definition) is 2. The maximum atomic E-state index is 14.1. The molecule has 2 N–H and O–H groups in total. The van der Waals surface area contributed by atoms with Crippen LogP contribution in [0.4, 0.5) is 27.6 Å². The summed E-state index contributed by atoms with van der Waals surface area (Å²) in [6.07, 6.45) is -5.32. The number of amides is 1. The van der Waals surface area contributed by atoms with E-state index < -0.39 is 61.3 Å². The number of aromatic nitrogens is 1. The Bertz CT molecular complexity index is 1180. The lowest BCUT2D eigenvalue weighted by Gasteiger charge is -2.36. The number of aromatic hydroxyl groups is 1. The Morgan fingerprint density at radius 1 is 1.18 bits per heavy atom. The largest absolute Gasteiger partial charge is 0.505 e. The second kappa shape index (κ2) is 10.2. The Morgan fingerprint density at radius 2 is 1.82 bits per heavy atom. The predicted molar refractivity (Wildman–Crippen MR) is 134 cm³/mol. The minimum Gasteiger partial charge on any atom is -0.505 e. The van der Waals surface area contributed by atoms with E-state index in [0.717, 1.165) is 13.0 Å². The molecule has 1 aromatic carbocycles. The van der Waals surface area contributed by atoms with Gasteiger partial charge < -0.3 is 19.6 Å². The summed E-state index contributed by atoms with van der Waals surface area (Å²) in [6.45, 7) is 12.7. The number of anilines is 1. The molecule has 1 amide bonds. The molecule has 1 aromatic heterocycles. The quantitative estimate of drug-likeness (QED) is 0.305. The first-order valence-corrected chi connectivity index (χ1v) is 15.0. The van der Waals surface area contributed by atoms with Crippen LogP contribution in [0.1, 0.15) is 51.8 Å². The van der Waals surface area contributed by atoms with Crippen LogP contribution in [0.5, 0.6) is 5.75 Å². The highest BCUT2D eigenvalue weighted by Crippen LogP contribution is 2.54. The molecule has 0 unspecified atom stereocenters. The van der Waals surface area contributed by atoms with Crippen molar-refractivity contribution in [3.63, 3.8) is 0 Å². The third kappa shape index (κ3) is 5.57. The summed E-state index contributed by atoms with van der Waals surface area (Å²) in [4.78, 5) is 17.4. The average Bonchev–Trinajstić information content (AvgIpc) is 3.08. The van der Waals surface area contributed by atoms with Gasteiger partial charge in [-0.25, -0.2) is 4.39 Å². The lowest BCUT2D eigenvalue weighted by Crippen LogP contribution is -2.47. The molecule has 12 heteroatoms. The van der Waals surface area contributed by atoms with Crippen LogP contribution in [-0.2, 0) is 20.6 Å². The third-order valence-electron chi connectivity index (χ3n) is 7.87. The van der Waals surface area contributed by atoms with Gasteiger partial charge in [0.15, 0.2) is 25.5 Å². The molecule has 2 aromatic rings. The van der Waals surface area contributed by atoms with Crippen LogP contribution in [0.3, 0.4) is 0 Å². The van der Waals surface area contributed by atoms with Crippen LogP contribution < -0.4 is 5.32 Å². The van der Waals surface area contributed by atoms with E-state index in [4.69, 9.17) is 9.16 Å². The highest BCUT2D eigenvalue weighted by Gasteiger charge is 2.65. The molecule has 4 atom stereocenters. The van der Waals surface area contributed by atoms with Gasteiger partial charge in [0, 0.05) is 17.4 Å². The molecule has 3 rings (SSSR count). The number of alkyl halides is 3. The van der Waals surface area contributed by atoms with Gasteiger partial charge in [0.1, 0.15) is 6.10 Å². The maximum absolute atomic E-state index is 14.1. The van der Waals surface area contributed by atoms with Gasteiger partial charge in [-0.3, -0.25) is 9.78 Å². The zero-order chi connectivity index (χ0) is 28.8. The molecule has 0 spiro atoms. The van der Waals surface area contributed by atoms with E-state index in [2.05, 4.69) is 44.2 Å². The van der Waals surface area contributed by atoms with Gasteiger partial charge >= 0.3 is 6.18 Å². The first kappa shape index (κ1) is 30.0. The van der Waals surface area contributed by atoms with E-state index in [0.29, 0.717) is 11.8 Å². The van der Waals surface area contributed by atoms with E-state index in [1.807, 2.05) is 0 Å². The normalized spacial score (nSPS) is 24.5. The Hall–Kier alpha value is -2.57. The number of pyridine rings is 1. The van der Waals surface area contributed by atoms with Crippen molar-refractivity contribution in [1.82, 2.24) is 4.98 Å². The smallest absolute Gasteiger partial charge is 0.417 e. The lowest BCUT2D eigenvalue weighted by molar-refractivity contribution is -0.272. The van der Waals surface area contributed by atoms with Crippen molar-refractivity contribution in [3.05, 3.63) is 53.4 Å². The number of nitrogens with one attached hydrogen (secondary N) is 1. The Balaban J connectivity index is 1.85. The summed E-state index contributed by atoms with van der Waals surface area (Å²) < 4.78 is 81.1. The maximum Gasteiger partial charge on any atom is 0.417 e. The van der Waals surface area contributed by atoms with Crippen molar-refractivity contribution >= 4 is 19.9 Å². The number of carbonyl (C=O) groups excluding carboxylic acids is 1. The molecule has 0 bridgehead atoms. The molecular weight excluding hydrogens is 527 g/mol. The van der Waals surface area contributed by atoms with Crippen LogP contribution in [0.2, 0.25) is 18.1 Å². The van der Waals surface area contributed by atoms with Crippen molar-refractivity contribution in [1.29, 1.82) is 0 Å². The van der Waals surface area contributed by atoms with E-state index >= 15 is 0 Å². The summed E-state index contributed by atoms with van der Waals surface area (Å²) in [6, 6.07) is 4.79. The van der Waals surface area contributed by atoms with Crippen molar-refractivity contribution in [3.8, 4) is 5.75 Å². The van der Waals surface area contributed by atoms with Gasteiger partial charge in [-0.2, -0.15) is 17.6 Å². The Morgan fingerprint density at radius 3 is 2.34 bits per heavy atom. The summed E-state index contributed by atoms with van der Waals surface area (Å²) in [7, 11) is -2.02. The molecular formula is C26H33F5N2O4Si. The highest BCUT2D eigenvalue weighted by atomic mass is 28.4. The summed E-state index contributed by atoms with van der Waals surface area (Å²) in [5.41, 5.74) is -2.36. The summed E-state index contributed by atoms with van der Waals surface area (Å²) >= 11 is 0. The molecule has 38 heavy (non-hydrogen) atoms. The highest BCUT2D eigenvalue weighted by molar-refractivity contribution is 6.74. The second-order valence-electron chi connectivity index (χ2n) is 11.3. The first-order chi connectivity index (χ1) is 17.3. The van der Waals surface area contributed by atoms with Gasteiger partial charge in [0.25, 0.3) is 5.91 Å². The molecule has 1 aliphatic heterocycles. The topological polar surface area (TPSA) is 80.7 Å². The summed E-state index contributed by atoms with van der Waals surface area (Å²) in [5.74, 6) is -7.97. The van der Waals surface area contributed by atoms with Crippen molar-refractivity contribution in [2.75, 3.05) is 5.32 Å². The standard InChI is InChI=1S/C26H33F5N2O4Si/c1-14-19(17-10-11-18(27)20(28)21(17)34)22(37-25(14,5)26(29,30)31)23(35)33-15-8-9-16(32-12-15)13-36-38(6,7)24(2,3)4/h8-12,14,19,22,34H,13H2,1-7H3,(H,33,35)/t14-,19-,22+,25+/m0/s1. The molecule has 6 nitrogen and oxygen atoms in total. The number of benzene rings is 1. The van der Waals surface area contributed by atoms with Gasteiger partial charge in [-0.15, -0.1) is 0 Å². The molecule has 2 heterocycles. The number of carbonyl (C=O) groups is 1. The fourth-order valence-electron chi connectivity index (χ4n) is 4.12. The number of ether oxygens (including phenoxy) is 1. The molecule has 0 radical (unpaired) electrons. The predicted octanol–water partition coefficient (Wildman–Crippen LogP) is 6.67. The van der Waals surface area contributed by atoms with E-state index in [1.54, 1.807) is 6.07 Å². The molecule has 1 saturated heterocycles. The zero-order valence-corrected chi connectivity index (χ0v) is 23.3. The SMILES string of the molecule is C[C@H]1[C@@H](c2ccc(F)c(F)c2O)[C@H](C(=O)Nc2ccc(CO[Si](C)(C)C(C)(C)C)nc2)O[C@@]1(C)C(F)(F)F. The first-order valence-electron chi connectivity index (χ1n) is 12.1. The van der Waals surface area contributed by atoms with Gasteiger partial charge in [-0.1, -0.05) is 33.8 Å². The summed E-state index contributed by atoms with van der Waals surface area (Å²) in [5, 5.41) is 12.7. The minimum atomic E-state index is -4.89. The van der Waals surface area contributed by atoms with Gasteiger partial charge in [-0.05, 0) is 43.3 Å². The third-order valence-corrected chi connectivity index (χ3v) is 12.3. The number of rotatable bonds is 6. The van der Waals surface area contributed by atoms with Crippen LogP contribution >= 0.6 is 0 Å². The van der Waals surface area contributed by atoms with Gasteiger partial charge in [0.2, 0.25) is 5.82 Å². The number of phenolic OH excluding ortho intramolecular Hbond substituents is 1. The molecule has 1 aliphatic rings. The lowest BCUT2D eigenvalue weighted by atomic mass is 9.77. The molecule has 0 aliphatic carbocycles. The fraction of sp³-hybridized carbons (Fsp3) is 0.538. The molecule has 0 saturated carbocycles. The van der Waals surface area contributed by atoms with E-state index in [1.165, 1.54) is 19.2 Å². The minimum absolute atomic E-state index is 0.00264. The zero-order valence-electron chi connectivity index (χ0n) is 22.3. The number of hydrogen-bond acceptors (Lipinski definition) is 5. The van der Waals surface area contributed by atoms with Gasteiger partial charge in [0.05, 0.1) is 24.2 Å². The molecule has 1 fully saturated rings. The van der Waals surface area contributed by atoms with E-state index in [9.17, 15) is 31.9 Å². The second-order valence-corrected chi connectivity index (χ2v) is 16.1. The number of halogens is 5. The van der Waals surface area contributed by atoms with Crippen LogP contribution in [0.15, 0.2) is 30.5 Å². The van der Waals surface area contributed by atoms with Crippen LogP contribution in [-0.4, -0.2) is 42.2 Å².